The Morgan fingerprint density at radius 3 is 2.62 bits per heavy atom. The molecule has 4 heteroatoms. The van der Waals surface area contributed by atoms with Crippen molar-refractivity contribution in [3.63, 3.8) is 0 Å². The molecule has 2 nitrogen and oxygen atoms in total. The van der Waals surface area contributed by atoms with Crippen LogP contribution in [0.2, 0.25) is 0 Å². The number of ether oxygens (including phenoxy) is 1. The summed E-state index contributed by atoms with van der Waals surface area (Å²) in [5.41, 5.74) is 6.96. The fourth-order valence-electron chi connectivity index (χ4n) is 1.51. The van der Waals surface area contributed by atoms with Crippen molar-refractivity contribution in [1.82, 2.24) is 0 Å². The van der Waals surface area contributed by atoms with Crippen LogP contribution >= 0.6 is 0 Å². The van der Waals surface area contributed by atoms with E-state index in [2.05, 4.69) is 0 Å². The van der Waals surface area contributed by atoms with Gasteiger partial charge >= 0.3 is 0 Å². The van der Waals surface area contributed by atoms with E-state index in [4.69, 9.17) is 10.5 Å². The summed E-state index contributed by atoms with van der Waals surface area (Å²) in [7, 11) is 0. The smallest absolute Gasteiger partial charge is 0.293 e. The van der Waals surface area contributed by atoms with Crippen molar-refractivity contribution in [1.29, 1.82) is 0 Å². The zero-order valence-corrected chi connectivity index (χ0v) is 9.59. The molecule has 0 unspecified atom stereocenters. The maximum absolute atomic E-state index is 12.9. The van der Waals surface area contributed by atoms with Crippen LogP contribution in [-0.2, 0) is 6.42 Å². The molecule has 0 aromatic heterocycles. The van der Waals surface area contributed by atoms with Crippen molar-refractivity contribution < 1.29 is 13.5 Å². The van der Waals surface area contributed by atoms with Crippen molar-refractivity contribution in [3.05, 3.63) is 29.3 Å². The maximum atomic E-state index is 12.9. The Kier molecular flexibility index (Phi) is 4.24. The molecule has 0 aliphatic rings. The zero-order chi connectivity index (χ0) is 12.2. The molecule has 0 radical (unpaired) electrons. The summed E-state index contributed by atoms with van der Waals surface area (Å²) in [6.45, 7) is 2.54. The van der Waals surface area contributed by atoms with Gasteiger partial charge in [0, 0.05) is 0 Å². The van der Waals surface area contributed by atoms with E-state index in [0.29, 0.717) is 5.75 Å². The fraction of sp³-hybridized carbons (Fsp3) is 0.500. The lowest BCUT2D eigenvalue weighted by Gasteiger charge is -2.17. The molecule has 0 aliphatic heterocycles. The number of nitrogens with two attached hydrogens (primary N) is 1. The van der Waals surface area contributed by atoms with Gasteiger partial charge in [0.25, 0.3) is 5.92 Å². The molecule has 0 bridgehead atoms. The molecule has 2 N–H and O–H groups in total. The van der Waals surface area contributed by atoms with Gasteiger partial charge in [-0.25, -0.2) is 8.78 Å². The van der Waals surface area contributed by atoms with Crippen LogP contribution in [0, 0.1) is 6.92 Å². The Labute approximate surface area is 94.4 Å². The Morgan fingerprint density at radius 2 is 2.06 bits per heavy atom. The van der Waals surface area contributed by atoms with Gasteiger partial charge in [0.15, 0.2) is 6.61 Å². The topological polar surface area (TPSA) is 35.2 Å². The Morgan fingerprint density at radius 1 is 1.38 bits per heavy atom. The average molecular weight is 229 g/mol. The normalized spacial score (nSPS) is 11.6. The molecule has 1 aromatic carbocycles. The lowest BCUT2D eigenvalue weighted by molar-refractivity contribution is -0.0321. The number of aryl methyl sites for hydroxylation is 1. The summed E-state index contributed by atoms with van der Waals surface area (Å²) >= 11 is 0. The Balaban J connectivity index is 2.78. The van der Waals surface area contributed by atoms with E-state index >= 15 is 0 Å². The molecule has 0 saturated carbocycles. The molecule has 0 heterocycles. The van der Waals surface area contributed by atoms with Crippen molar-refractivity contribution >= 4 is 0 Å². The Hall–Kier alpha value is -1.16. The molecule has 0 amide bonds. The third-order valence-corrected chi connectivity index (χ3v) is 2.46. The van der Waals surface area contributed by atoms with Gasteiger partial charge in [0.05, 0.1) is 6.54 Å². The van der Waals surface area contributed by atoms with E-state index in [0.717, 1.165) is 17.5 Å². The van der Waals surface area contributed by atoms with Gasteiger partial charge in [-0.15, -0.1) is 0 Å². The monoisotopic (exact) mass is 229 g/mol. The Bertz CT molecular complexity index is 353. The first-order valence-corrected chi connectivity index (χ1v) is 5.29. The van der Waals surface area contributed by atoms with Crippen LogP contribution in [0.25, 0.3) is 0 Å². The number of alkyl halides is 2. The molecule has 0 atom stereocenters. The summed E-state index contributed by atoms with van der Waals surface area (Å²) in [6, 6.07) is 5.44. The van der Waals surface area contributed by atoms with Crippen LogP contribution < -0.4 is 10.5 Å². The molecular formula is C12H17F2NO. The lowest BCUT2D eigenvalue weighted by Crippen LogP contribution is -2.34. The predicted octanol–water partition coefficient (Wildman–Crippen LogP) is 2.53. The second-order valence-electron chi connectivity index (χ2n) is 3.75. The minimum atomic E-state index is -2.96. The van der Waals surface area contributed by atoms with Crippen molar-refractivity contribution in [2.75, 3.05) is 13.2 Å². The van der Waals surface area contributed by atoms with E-state index in [1.807, 2.05) is 19.9 Å². The van der Waals surface area contributed by atoms with E-state index in [1.54, 1.807) is 12.1 Å². The van der Waals surface area contributed by atoms with E-state index in [1.165, 1.54) is 0 Å². The molecule has 1 rings (SSSR count). The number of hydrogen-bond donors (Lipinski definition) is 1. The van der Waals surface area contributed by atoms with Gasteiger partial charge in [-0.3, -0.25) is 0 Å². The quantitative estimate of drug-likeness (QED) is 0.842. The maximum Gasteiger partial charge on any atom is 0.293 e. The summed E-state index contributed by atoms with van der Waals surface area (Å²) in [6.07, 6.45) is 0.760. The van der Waals surface area contributed by atoms with E-state index in [9.17, 15) is 8.78 Å². The molecule has 0 spiro atoms. The number of benzene rings is 1. The van der Waals surface area contributed by atoms with Gasteiger partial charge in [-0.2, -0.15) is 0 Å². The fourth-order valence-corrected chi connectivity index (χ4v) is 1.51. The number of rotatable bonds is 5. The van der Waals surface area contributed by atoms with Crippen LogP contribution in [0.5, 0.6) is 5.75 Å². The van der Waals surface area contributed by atoms with Crippen molar-refractivity contribution in [3.8, 4) is 5.75 Å². The molecule has 90 valence electrons. The standard InChI is InChI=1S/C12H17F2NO/c1-3-10-9(2)5-4-6-11(10)16-8-12(13,14)7-15/h4-6H,3,7-8,15H2,1-2H3. The van der Waals surface area contributed by atoms with Gasteiger partial charge in [-0.1, -0.05) is 19.1 Å². The highest BCUT2D eigenvalue weighted by molar-refractivity contribution is 5.39. The number of hydrogen-bond acceptors (Lipinski definition) is 2. The zero-order valence-electron chi connectivity index (χ0n) is 9.59. The molecule has 0 fully saturated rings. The number of halogens is 2. The van der Waals surface area contributed by atoms with Crippen LogP contribution in [0.3, 0.4) is 0 Å². The highest BCUT2D eigenvalue weighted by Gasteiger charge is 2.28. The first-order valence-electron chi connectivity index (χ1n) is 5.29. The molecule has 0 saturated heterocycles. The third kappa shape index (κ3) is 3.17. The second kappa shape index (κ2) is 5.25. The molecule has 16 heavy (non-hydrogen) atoms. The van der Waals surface area contributed by atoms with Gasteiger partial charge < -0.3 is 10.5 Å². The predicted molar refractivity (Wildman–Crippen MR) is 60.1 cm³/mol. The summed E-state index contributed by atoms with van der Waals surface area (Å²) < 4.78 is 31.0. The average Bonchev–Trinajstić information content (AvgIpc) is 2.26. The highest BCUT2D eigenvalue weighted by atomic mass is 19.3. The van der Waals surface area contributed by atoms with Gasteiger partial charge in [0.2, 0.25) is 0 Å². The summed E-state index contributed by atoms with van der Waals surface area (Å²) in [5, 5.41) is 0. The minimum absolute atomic E-state index is 0.524. The first kappa shape index (κ1) is 12.9. The molecule has 1 aromatic rings. The SMILES string of the molecule is CCc1c(C)cccc1OCC(F)(F)CN. The third-order valence-electron chi connectivity index (χ3n) is 2.46. The lowest BCUT2D eigenvalue weighted by atomic mass is 10.1. The van der Waals surface area contributed by atoms with Gasteiger partial charge in [-0.05, 0) is 30.5 Å². The minimum Gasteiger partial charge on any atom is -0.487 e. The largest absolute Gasteiger partial charge is 0.487 e. The van der Waals surface area contributed by atoms with Gasteiger partial charge in [0.1, 0.15) is 5.75 Å². The van der Waals surface area contributed by atoms with Crippen LogP contribution in [0.1, 0.15) is 18.1 Å². The molecule has 0 aliphatic carbocycles. The summed E-state index contributed by atoms with van der Waals surface area (Å²) in [5.74, 6) is -2.44. The van der Waals surface area contributed by atoms with Crippen LogP contribution in [-0.4, -0.2) is 19.1 Å². The summed E-state index contributed by atoms with van der Waals surface area (Å²) in [4.78, 5) is 0. The second-order valence-corrected chi connectivity index (χ2v) is 3.75. The van der Waals surface area contributed by atoms with Crippen molar-refractivity contribution in [2.24, 2.45) is 5.73 Å². The van der Waals surface area contributed by atoms with Crippen LogP contribution in [0.4, 0.5) is 8.78 Å². The molecular weight excluding hydrogens is 212 g/mol. The van der Waals surface area contributed by atoms with Crippen LogP contribution in [0.15, 0.2) is 18.2 Å². The van der Waals surface area contributed by atoms with E-state index < -0.39 is 19.1 Å². The van der Waals surface area contributed by atoms with Crippen molar-refractivity contribution in [2.45, 2.75) is 26.2 Å². The first-order chi connectivity index (χ1) is 7.50. The highest BCUT2D eigenvalue weighted by Crippen LogP contribution is 2.24. The van der Waals surface area contributed by atoms with E-state index in [-0.39, 0.29) is 0 Å².